The van der Waals surface area contributed by atoms with Crippen molar-refractivity contribution in [3.8, 4) is 11.5 Å². The summed E-state index contributed by atoms with van der Waals surface area (Å²) in [6, 6.07) is 0. The molecule has 0 fully saturated rings. The van der Waals surface area contributed by atoms with E-state index < -0.39 is 0 Å². The molecule has 1 amide bonds. The first-order valence-electron chi connectivity index (χ1n) is 9.18. The zero-order chi connectivity index (χ0) is 17.2. The zero-order valence-electron chi connectivity index (χ0n) is 14.6. The van der Waals surface area contributed by atoms with Crippen LogP contribution in [0.1, 0.15) is 61.2 Å². The molecule has 2 aliphatic rings. The van der Waals surface area contributed by atoms with E-state index >= 15 is 0 Å². The van der Waals surface area contributed by atoms with Gasteiger partial charge >= 0.3 is 0 Å². The van der Waals surface area contributed by atoms with Gasteiger partial charge in [-0.3, -0.25) is 4.79 Å². The molecule has 2 aromatic rings. The van der Waals surface area contributed by atoms with Crippen LogP contribution in [0, 0.1) is 6.92 Å². The molecular weight excluding hydrogens is 334 g/mol. The fraction of sp³-hybridized carbons (Fsp3) is 0.526. The van der Waals surface area contributed by atoms with Gasteiger partial charge in [0.15, 0.2) is 5.82 Å². The minimum atomic E-state index is 0.0218. The van der Waals surface area contributed by atoms with E-state index in [-0.39, 0.29) is 5.91 Å². The van der Waals surface area contributed by atoms with Crippen molar-refractivity contribution in [2.75, 3.05) is 5.32 Å². The van der Waals surface area contributed by atoms with E-state index in [1.807, 2.05) is 6.92 Å². The summed E-state index contributed by atoms with van der Waals surface area (Å²) in [6.45, 7) is 1.82. The van der Waals surface area contributed by atoms with E-state index in [1.165, 1.54) is 36.1 Å². The molecule has 0 aliphatic heterocycles. The predicted molar refractivity (Wildman–Crippen MR) is 98.8 cm³/mol. The molecule has 2 aliphatic carbocycles. The first-order valence-corrected chi connectivity index (χ1v) is 9.99. The van der Waals surface area contributed by atoms with Gasteiger partial charge in [0.05, 0.1) is 5.56 Å². The Morgan fingerprint density at radius 3 is 2.76 bits per heavy atom. The Kier molecular flexibility index (Phi) is 4.70. The summed E-state index contributed by atoms with van der Waals surface area (Å²) >= 11 is 1.68. The van der Waals surface area contributed by atoms with Gasteiger partial charge < -0.3 is 9.84 Å². The lowest BCUT2D eigenvalue weighted by Crippen LogP contribution is -2.15. The van der Waals surface area contributed by atoms with Crippen LogP contribution in [0.2, 0.25) is 0 Å². The Hall–Kier alpha value is -1.95. The summed E-state index contributed by atoms with van der Waals surface area (Å²) in [5, 5.41) is 7.97. The lowest BCUT2D eigenvalue weighted by atomic mass is 9.99. The van der Waals surface area contributed by atoms with Crippen LogP contribution in [-0.4, -0.2) is 16.0 Å². The van der Waals surface area contributed by atoms with Crippen molar-refractivity contribution in [2.45, 2.75) is 64.7 Å². The van der Waals surface area contributed by atoms with Crippen LogP contribution < -0.4 is 5.32 Å². The van der Waals surface area contributed by atoms with Crippen molar-refractivity contribution in [1.82, 2.24) is 10.1 Å². The summed E-state index contributed by atoms with van der Waals surface area (Å²) in [4.78, 5) is 18.5. The van der Waals surface area contributed by atoms with E-state index in [4.69, 9.17) is 4.52 Å². The van der Waals surface area contributed by atoms with Crippen LogP contribution in [0.25, 0.3) is 11.5 Å². The molecule has 0 unspecified atom stereocenters. The molecule has 4 rings (SSSR count). The topological polar surface area (TPSA) is 68.0 Å². The van der Waals surface area contributed by atoms with Crippen molar-refractivity contribution in [3.05, 3.63) is 27.9 Å². The molecule has 2 heterocycles. The van der Waals surface area contributed by atoms with Crippen molar-refractivity contribution in [2.24, 2.45) is 0 Å². The summed E-state index contributed by atoms with van der Waals surface area (Å²) in [5.74, 6) is 1.18. The van der Waals surface area contributed by atoms with Crippen molar-refractivity contribution in [1.29, 1.82) is 0 Å². The fourth-order valence-corrected chi connectivity index (χ4v) is 4.96. The van der Waals surface area contributed by atoms with Gasteiger partial charge in [0.1, 0.15) is 5.00 Å². The van der Waals surface area contributed by atoms with E-state index in [0.29, 0.717) is 11.7 Å². The van der Waals surface area contributed by atoms with Crippen molar-refractivity contribution >= 4 is 22.2 Å². The van der Waals surface area contributed by atoms with Gasteiger partial charge in [-0.25, -0.2) is 0 Å². The van der Waals surface area contributed by atoms with Crippen molar-refractivity contribution < 1.29 is 9.32 Å². The normalized spacial score (nSPS) is 17.6. The molecule has 0 saturated heterocycles. The zero-order valence-corrected chi connectivity index (χ0v) is 15.4. The lowest BCUT2D eigenvalue weighted by molar-refractivity contribution is -0.113. The number of aryl methyl sites for hydroxylation is 2. The average Bonchev–Trinajstić information content (AvgIpc) is 3.11. The number of allylic oxidation sites excluding steroid dienone is 1. The Morgan fingerprint density at radius 2 is 2.00 bits per heavy atom. The van der Waals surface area contributed by atoms with E-state index in [9.17, 15) is 4.79 Å². The summed E-state index contributed by atoms with van der Waals surface area (Å²) in [6.07, 6.45) is 11.9. The molecule has 0 spiro atoms. The Bertz CT molecular complexity index is 819. The highest BCUT2D eigenvalue weighted by atomic mass is 32.1. The number of nitrogens with zero attached hydrogens (tertiary/aromatic N) is 2. The summed E-state index contributed by atoms with van der Waals surface area (Å²) in [5.41, 5.74) is 3.15. The summed E-state index contributed by atoms with van der Waals surface area (Å²) in [7, 11) is 0. The SMILES string of the molecule is Cc1noc(-c2c(NC(=O)C3=CCCCC3)sc3c2CCCCC3)n1. The van der Waals surface area contributed by atoms with Crippen LogP contribution in [0.15, 0.2) is 16.2 Å². The molecule has 0 radical (unpaired) electrons. The highest BCUT2D eigenvalue weighted by Gasteiger charge is 2.26. The second-order valence-electron chi connectivity index (χ2n) is 6.84. The number of thiophene rings is 1. The third kappa shape index (κ3) is 3.40. The standard InChI is InChI=1S/C19H23N3O2S/c1-12-20-18(24-22-12)16-14-10-6-3-7-11-15(14)25-19(16)21-17(23)13-8-4-2-5-9-13/h8H,2-7,9-11H2,1H3,(H,21,23). The first-order chi connectivity index (χ1) is 12.2. The molecule has 132 valence electrons. The largest absolute Gasteiger partial charge is 0.334 e. The maximum absolute atomic E-state index is 12.7. The van der Waals surface area contributed by atoms with Gasteiger partial charge in [-0.15, -0.1) is 11.3 Å². The number of aromatic nitrogens is 2. The van der Waals surface area contributed by atoms with Crippen LogP contribution in [0.3, 0.4) is 0 Å². The van der Waals surface area contributed by atoms with Crippen LogP contribution in [-0.2, 0) is 17.6 Å². The lowest BCUT2D eigenvalue weighted by Gasteiger charge is -2.12. The molecule has 0 saturated carbocycles. The number of nitrogens with one attached hydrogen (secondary N) is 1. The number of anilines is 1. The average molecular weight is 357 g/mol. The van der Waals surface area contributed by atoms with Crippen LogP contribution in [0.4, 0.5) is 5.00 Å². The maximum atomic E-state index is 12.7. The number of fused-ring (bicyclic) bond motifs is 1. The molecule has 5 nitrogen and oxygen atoms in total. The minimum Gasteiger partial charge on any atom is -0.334 e. The minimum absolute atomic E-state index is 0.0218. The Morgan fingerprint density at radius 1 is 1.16 bits per heavy atom. The fourth-order valence-electron chi connectivity index (χ4n) is 3.68. The molecule has 0 aromatic carbocycles. The number of rotatable bonds is 3. The van der Waals surface area contributed by atoms with E-state index in [0.717, 1.165) is 48.2 Å². The van der Waals surface area contributed by atoms with Gasteiger partial charge in [0.2, 0.25) is 0 Å². The summed E-state index contributed by atoms with van der Waals surface area (Å²) < 4.78 is 5.46. The monoisotopic (exact) mass is 357 g/mol. The number of hydrogen-bond acceptors (Lipinski definition) is 5. The van der Waals surface area contributed by atoms with Crippen LogP contribution in [0.5, 0.6) is 0 Å². The van der Waals surface area contributed by atoms with Gasteiger partial charge in [0, 0.05) is 10.5 Å². The first kappa shape index (κ1) is 16.5. The highest BCUT2D eigenvalue weighted by molar-refractivity contribution is 7.17. The van der Waals surface area contributed by atoms with Gasteiger partial charge in [-0.2, -0.15) is 4.98 Å². The maximum Gasteiger partial charge on any atom is 0.261 e. The van der Waals surface area contributed by atoms with Gasteiger partial charge in [-0.1, -0.05) is 17.7 Å². The number of hydrogen-bond donors (Lipinski definition) is 1. The second kappa shape index (κ2) is 7.12. The van der Waals surface area contributed by atoms with E-state index in [2.05, 4.69) is 21.5 Å². The van der Waals surface area contributed by atoms with Gasteiger partial charge in [-0.05, 0) is 63.9 Å². The Balaban J connectivity index is 1.71. The smallest absolute Gasteiger partial charge is 0.261 e. The second-order valence-corrected chi connectivity index (χ2v) is 7.95. The quantitative estimate of drug-likeness (QED) is 0.800. The Labute approximate surface area is 151 Å². The number of amides is 1. The molecule has 25 heavy (non-hydrogen) atoms. The molecule has 6 heteroatoms. The highest BCUT2D eigenvalue weighted by Crippen LogP contribution is 2.43. The number of carbonyl (C=O) groups excluding carboxylic acids is 1. The van der Waals surface area contributed by atoms with Crippen molar-refractivity contribution in [3.63, 3.8) is 0 Å². The van der Waals surface area contributed by atoms with Crippen LogP contribution >= 0.6 is 11.3 Å². The predicted octanol–water partition coefficient (Wildman–Crippen LogP) is 4.81. The molecule has 2 aromatic heterocycles. The third-order valence-electron chi connectivity index (χ3n) is 4.97. The van der Waals surface area contributed by atoms with Gasteiger partial charge in [0.25, 0.3) is 11.8 Å². The van der Waals surface area contributed by atoms with E-state index in [1.54, 1.807) is 11.3 Å². The molecule has 1 N–H and O–H groups in total. The molecule has 0 atom stereocenters. The number of carbonyl (C=O) groups is 1. The molecular formula is C19H23N3O2S. The third-order valence-corrected chi connectivity index (χ3v) is 6.18. The molecule has 0 bridgehead atoms.